The van der Waals surface area contributed by atoms with E-state index in [2.05, 4.69) is 24.3 Å². The van der Waals surface area contributed by atoms with Gasteiger partial charge >= 0.3 is 0 Å². The number of anilines is 1. The molecule has 5 nitrogen and oxygen atoms in total. The standard InChI is InChI=1S/C16H19N3O2/c1-10(2)19-16-14(9-17-19)13(8-15(20)18-16)11-4-6-12(21-3)7-5-11/h4-7,9-10,13H,8H2,1-3H3,(H,18,20). The van der Waals surface area contributed by atoms with Crippen LogP contribution in [0, 0.1) is 0 Å². The number of amides is 1. The minimum Gasteiger partial charge on any atom is -0.497 e. The number of aromatic nitrogens is 2. The maximum absolute atomic E-state index is 12.0. The summed E-state index contributed by atoms with van der Waals surface area (Å²) in [4.78, 5) is 12.0. The van der Waals surface area contributed by atoms with Crippen molar-refractivity contribution in [2.45, 2.75) is 32.2 Å². The van der Waals surface area contributed by atoms with Crippen LogP contribution in [0.15, 0.2) is 30.5 Å². The Bertz CT molecular complexity index is 659. The number of rotatable bonds is 3. The monoisotopic (exact) mass is 285 g/mol. The van der Waals surface area contributed by atoms with Crippen LogP contribution in [0.2, 0.25) is 0 Å². The average molecular weight is 285 g/mol. The fourth-order valence-corrected chi connectivity index (χ4v) is 2.76. The second-order valence-corrected chi connectivity index (χ2v) is 5.56. The van der Waals surface area contributed by atoms with E-state index in [4.69, 9.17) is 4.74 Å². The summed E-state index contributed by atoms with van der Waals surface area (Å²) in [6.45, 7) is 4.10. The summed E-state index contributed by atoms with van der Waals surface area (Å²) in [5.41, 5.74) is 2.18. The molecule has 1 atom stereocenters. The van der Waals surface area contributed by atoms with Gasteiger partial charge in [0.05, 0.1) is 13.3 Å². The molecule has 0 saturated carbocycles. The molecule has 1 amide bonds. The van der Waals surface area contributed by atoms with Gasteiger partial charge in [0.2, 0.25) is 5.91 Å². The van der Waals surface area contributed by atoms with E-state index in [1.165, 1.54) is 0 Å². The molecule has 0 radical (unpaired) electrons. The molecule has 0 fully saturated rings. The average Bonchev–Trinajstić information content (AvgIpc) is 2.90. The van der Waals surface area contributed by atoms with Crippen molar-refractivity contribution < 1.29 is 9.53 Å². The number of hydrogen-bond acceptors (Lipinski definition) is 3. The molecule has 2 heterocycles. The quantitative estimate of drug-likeness (QED) is 0.943. The smallest absolute Gasteiger partial charge is 0.226 e. The van der Waals surface area contributed by atoms with Crippen molar-refractivity contribution >= 4 is 11.7 Å². The number of fused-ring (bicyclic) bond motifs is 1. The lowest BCUT2D eigenvalue weighted by atomic mass is 9.87. The third kappa shape index (κ3) is 2.39. The van der Waals surface area contributed by atoms with Crippen molar-refractivity contribution in [1.29, 1.82) is 0 Å². The fraction of sp³-hybridized carbons (Fsp3) is 0.375. The molecule has 3 rings (SSSR count). The molecule has 1 aromatic heterocycles. The second-order valence-electron chi connectivity index (χ2n) is 5.56. The van der Waals surface area contributed by atoms with E-state index >= 15 is 0 Å². The summed E-state index contributed by atoms with van der Waals surface area (Å²) in [7, 11) is 1.65. The van der Waals surface area contributed by atoms with E-state index in [9.17, 15) is 4.79 Å². The molecular formula is C16H19N3O2. The first-order valence-corrected chi connectivity index (χ1v) is 7.11. The minimum absolute atomic E-state index is 0.0331. The van der Waals surface area contributed by atoms with Crippen LogP contribution in [-0.4, -0.2) is 22.8 Å². The van der Waals surface area contributed by atoms with Crippen molar-refractivity contribution in [1.82, 2.24) is 9.78 Å². The molecule has 1 N–H and O–H groups in total. The van der Waals surface area contributed by atoms with E-state index in [1.54, 1.807) is 7.11 Å². The Morgan fingerprint density at radius 2 is 2.05 bits per heavy atom. The lowest BCUT2D eigenvalue weighted by Crippen LogP contribution is -2.25. The van der Waals surface area contributed by atoms with Crippen LogP contribution in [0.1, 0.15) is 43.4 Å². The highest BCUT2D eigenvalue weighted by molar-refractivity contribution is 5.94. The normalized spacial score (nSPS) is 17.5. The van der Waals surface area contributed by atoms with Crippen LogP contribution < -0.4 is 10.1 Å². The van der Waals surface area contributed by atoms with Gasteiger partial charge in [-0.2, -0.15) is 5.10 Å². The summed E-state index contributed by atoms with van der Waals surface area (Å²) in [5.74, 6) is 1.72. The fourth-order valence-electron chi connectivity index (χ4n) is 2.76. The van der Waals surface area contributed by atoms with Gasteiger partial charge in [-0.3, -0.25) is 4.79 Å². The molecular weight excluding hydrogens is 266 g/mol. The SMILES string of the molecule is COc1ccc(C2CC(=O)Nc3c2cnn3C(C)C)cc1. The third-order valence-corrected chi connectivity index (χ3v) is 3.85. The third-order valence-electron chi connectivity index (χ3n) is 3.85. The molecule has 21 heavy (non-hydrogen) atoms. The highest BCUT2D eigenvalue weighted by Crippen LogP contribution is 2.38. The number of nitrogens with zero attached hydrogens (tertiary/aromatic N) is 2. The van der Waals surface area contributed by atoms with Crippen LogP contribution in [0.4, 0.5) is 5.82 Å². The lowest BCUT2D eigenvalue weighted by molar-refractivity contribution is -0.116. The van der Waals surface area contributed by atoms with Crippen molar-refractivity contribution in [3.8, 4) is 5.75 Å². The highest BCUT2D eigenvalue weighted by Gasteiger charge is 2.30. The first kappa shape index (κ1) is 13.7. The topological polar surface area (TPSA) is 56.1 Å². The molecule has 1 aliphatic heterocycles. The first-order chi connectivity index (χ1) is 10.1. The Balaban J connectivity index is 2.02. The van der Waals surface area contributed by atoms with Gasteiger partial charge in [0, 0.05) is 23.9 Å². The number of hydrogen-bond donors (Lipinski definition) is 1. The predicted molar refractivity (Wildman–Crippen MR) is 80.7 cm³/mol. The van der Waals surface area contributed by atoms with Gasteiger partial charge in [0.15, 0.2) is 0 Å². The Morgan fingerprint density at radius 1 is 1.33 bits per heavy atom. The van der Waals surface area contributed by atoms with Crippen molar-refractivity contribution in [2.75, 3.05) is 12.4 Å². The lowest BCUT2D eigenvalue weighted by Gasteiger charge is -2.24. The second kappa shape index (κ2) is 5.24. The zero-order chi connectivity index (χ0) is 15.0. The van der Waals surface area contributed by atoms with E-state index in [0.717, 1.165) is 22.7 Å². The Morgan fingerprint density at radius 3 is 2.67 bits per heavy atom. The highest BCUT2D eigenvalue weighted by atomic mass is 16.5. The number of carbonyl (C=O) groups excluding carboxylic acids is 1. The summed E-state index contributed by atoms with van der Waals surface area (Å²) in [6.07, 6.45) is 2.31. The van der Waals surface area contributed by atoms with Crippen LogP contribution in [0.5, 0.6) is 5.75 Å². The zero-order valence-corrected chi connectivity index (χ0v) is 12.5. The molecule has 1 aliphatic rings. The molecule has 110 valence electrons. The molecule has 2 aromatic rings. The Labute approximate surface area is 123 Å². The van der Waals surface area contributed by atoms with E-state index in [0.29, 0.717) is 6.42 Å². The van der Waals surface area contributed by atoms with E-state index in [1.807, 2.05) is 35.1 Å². The largest absolute Gasteiger partial charge is 0.497 e. The van der Waals surface area contributed by atoms with Gasteiger partial charge in [-0.05, 0) is 31.5 Å². The molecule has 0 aliphatic carbocycles. The van der Waals surface area contributed by atoms with Crippen molar-refractivity contribution in [3.05, 3.63) is 41.6 Å². The number of ether oxygens (including phenoxy) is 1. The summed E-state index contributed by atoms with van der Waals surface area (Å²) < 4.78 is 7.05. The van der Waals surface area contributed by atoms with Gasteiger partial charge in [0.25, 0.3) is 0 Å². The first-order valence-electron chi connectivity index (χ1n) is 7.11. The van der Waals surface area contributed by atoms with E-state index in [-0.39, 0.29) is 17.9 Å². The van der Waals surface area contributed by atoms with Gasteiger partial charge in [0.1, 0.15) is 11.6 Å². The van der Waals surface area contributed by atoms with Crippen LogP contribution >= 0.6 is 0 Å². The van der Waals surface area contributed by atoms with Crippen molar-refractivity contribution in [2.24, 2.45) is 0 Å². The number of methoxy groups -OCH3 is 1. The number of carbonyl (C=O) groups is 1. The van der Waals surface area contributed by atoms with Crippen LogP contribution in [0.25, 0.3) is 0 Å². The number of nitrogens with one attached hydrogen (secondary N) is 1. The molecule has 0 saturated heterocycles. The Hall–Kier alpha value is -2.30. The van der Waals surface area contributed by atoms with Crippen molar-refractivity contribution in [3.63, 3.8) is 0 Å². The number of benzene rings is 1. The molecule has 1 unspecified atom stereocenters. The Kier molecular flexibility index (Phi) is 3.41. The maximum atomic E-state index is 12.0. The maximum Gasteiger partial charge on any atom is 0.226 e. The predicted octanol–water partition coefficient (Wildman–Crippen LogP) is 2.95. The minimum atomic E-state index is 0.0331. The summed E-state index contributed by atoms with van der Waals surface area (Å²) in [5, 5.41) is 7.37. The zero-order valence-electron chi connectivity index (χ0n) is 12.5. The summed E-state index contributed by atoms with van der Waals surface area (Å²) in [6, 6.07) is 8.09. The van der Waals surface area contributed by atoms with Crippen LogP contribution in [0.3, 0.4) is 0 Å². The van der Waals surface area contributed by atoms with Crippen LogP contribution in [-0.2, 0) is 4.79 Å². The van der Waals surface area contributed by atoms with E-state index < -0.39 is 0 Å². The molecule has 0 bridgehead atoms. The molecule has 5 heteroatoms. The van der Waals surface area contributed by atoms with Gasteiger partial charge in [-0.15, -0.1) is 0 Å². The summed E-state index contributed by atoms with van der Waals surface area (Å²) >= 11 is 0. The van der Waals surface area contributed by atoms with Gasteiger partial charge in [-0.25, -0.2) is 4.68 Å². The van der Waals surface area contributed by atoms with Gasteiger partial charge < -0.3 is 10.1 Å². The molecule has 1 aromatic carbocycles. The molecule has 0 spiro atoms. The van der Waals surface area contributed by atoms with Gasteiger partial charge in [-0.1, -0.05) is 12.1 Å².